The highest BCUT2D eigenvalue weighted by atomic mass is 35.5. The summed E-state index contributed by atoms with van der Waals surface area (Å²) in [7, 11) is 0. The average molecular weight is 538 g/mol. The molecule has 2 N–H and O–H groups in total. The highest BCUT2D eigenvalue weighted by molar-refractivity contribution is 6.35. The Hall–Kier alpha value is -2.60. The summed E-state index contributed by atoms with van der Waals surface area (Å²) in [6.07, 6.45) is 11.4. The van der Waals surface area contributed by atoms with Crippen molar-refractivity contribution in [1.29, 1.82) is 0 Å². The Morgan fingerprint density at radius 3 is 2.30 bits per heavy atom. The number of rotatable bonds is 7. The van der Waals surface area contributed by atoms with Gasteiger partial charge in [-0.15, -0.1) is 0 Å². The predicted molar refractivity (Wildman–Crippen MR) is 152 cm³/mol. The lowest BCUT2D eigenvalue weighted by Crippen LogP contribution is -2.43. The highest BCUT2D eigenvalue weighted by Crippen LogP contribution is 2.36. The summed E-state index contributed by atoms with van der Waals surface area (Å²) in [5.41, 5.74) is 4.10. The molecule has 0 radical (unpaired) electrons. The number of pyridine rings is 1. The normalized spacial score (nSPS) is 18.0. The SMILES string of the molecule is O=C(NCC(c1ccc(-c2cccnc2)cc1)C1CCN(C2CCCC2)CC1)Nc1cc(Cl)cc(Cl)c1. The largest absolute Gasteiger partial charge is 0.337 e. The number of carbonyl (C=O) groups excluding carboxylic acids is 1. The van der Waals surface area contributed by atoms with Crippen LogP contribution >= 0.6 is 23.2 Å². The molecule has 0 bridgehead atoms. The van der Waals surface area contributed by atoms with E-state index >= 15 is 0 Å². The molecule has 5 rings (SSSR count). The molecular formula is C30H34Cl2N4O. The van der Waals surface area contributed by atoms with E-state index < -0.39 is 0 Å². The van der Waals surface area contributed by atoms with Crippen LogP contribution in [0.5, 0.6) is 0 Å². The third-order valence-corrected chi connectivity index (χ3v) is 8.36. The molecule has 7 heteroatoms. The van der Waals surface area contributed by atoms with Crippen LogP contribution in [-0.2, 0) is 0 Å². The van der Waals surface area contributed by atoms with Gasteiger partial charge in [-0.2, -0.15) is 0 Å². The molecule has 1 aliphatic heterocycles. The minimum atomic E-state index is -0.251. The van der Waals surface area contributed by atoms with E-state index in [0.29, 0.717) is 28.2 Å². The van der Waals surface area contributed by atoms with Gasteiger partial charge >= 0.3 is 6.03 Å². The maximum atomic E-state index is 12.8. The zero-order chi connectivity index (χ0) is 25.6. The number of nitrogens with zero attached hydrogens (tertiary/aromatic N) is 2. The van der Waals surface area contributed by atoms with Gasteiger partial charge in [0.05, 0.1) is 0 Å². The summed E-state index contributed by atoms with van der Waals surface area (Å²) >= 11 is 12.2. The molecule has 1 unspecified atom stereocenters. The van der Waals surface area contributed by atoms with Crippen LogP contribution in [0.3, 0.4) is 0 Å². The van der Waals surface area contributed by atoms with Gasteiger partial charge in [0.2, 0.25) is 0 Å². The topological polar surface area (TPSA) is 57.3 Å². The third-order valence-electron chi connectivity index (χ3n) is 7.92. The number of benzene rings is 2. The molecule has 2 aliphatic rings. The lowest BCUT2D eigenvalue weighted by molar-refractivity contribution is 0.123. The van der Waals surface area contributed by atoms with E-state index in [-0.39, 0.29) is 11.9 Å². The molecule has 1 atom stereocenters. The van der Waals surface area contributed by atoms with Crippen molar-refractivity contribution in [2.45, 2.75) is 50.5 Å². The molecule has 1 saturated carbocycles. The molecule has 2 amide bonds. The summed E-state index contributed by atoms with van der Waals surface area (Å²) in [6.45, 7) is 2.86. The second-order valence-electron chi connectivity index (χ2n) is 10.3. The van der Waals surface area contributed by atoms with E-state index in [1.165, 1.54) is 31.2 Å². The van der Waals surface area contributed by atoms with Crippen LogP contribution in [0.15, 0.2) is 67.0 Å². The van der Waals surface area contributed by atoms with Crippen LogP contribution in [0.25, 0.3) is 11.1 Å². The van der Waals surface area contributed by atoms with Crippen LogP contribution in [-0.4, -0.2) is 41.6 Å². The van der Waals surface area contributed by atoms with Gasteiger partial charge in [0.25, 0.3) is 0 Å². The zero-order valence-corrected chi connectivity index (χ0v) is 22.5. The standard InChI is InChI=1S/C30H34Cl2N4O/c31-25-16-26(32)18-27(17-25)35-30(37)34-20-29(23-11-14-36(15-12-23)28-5-1-2-6-28)22-9-7-21(8-10-22)24-4-3-13-33-19-24/h3-4,7-10,13,16-19,23,28-29H,1-2,5-6,11-12,14-15,20H2,(H2,34,35,37). The summed E-state index contributed by atoms with van der Waals surface area (Å²) in [4.78, 5) is 19.7. The van der Waals surface area contributed by atoms with Gasteiger partial charge < -0.3 is 15.5 Å². The van der Waals surface area contributed by atoms with Gasteiger partial charge in [-0.05, 0) is 85.6 Å². The summed E-state index contributed by atoms with van der Waals surface area (Å²) < 4.78 is 0. The molecule has 1 aliphatic carbocycles. The van der Waals surface area contributed by atoms with Crippen molar-refractivity contribution >= 4 is 34.9 Å². The predicted octanol–water partition coefficient (Wildman–Crippen LogP) is 7.62. The number of amides is 2. The van der Waals surface area contributed by atoms with Gasteiger partial charge in [-0.3, -0.25) is 4.98 Å². The summed E-state index contributed by atoms with van der Waals surface area (Å²) in [5.74, 6) is 0.755. The van der Waals surface area contributed by atoms with Gasteiger partial charge in [0.1, 0.15) is 0 Å². The lowest BCUT2D eigenvalue weighted by Gasteiger charge is -2.39. The number of nitrogens with one attached hydrogen (secondary N) is 2. The molecule has 1 aromatic heterocycles. The van der Waals surface area contributed by atoms with E-state index in [4.69, 9.17) is 23.2 Å². The van der Waals surface area contributed by atoms with Crippen molar-refractivity contribution < 1.29 is 4.79 Å². The fourth-order valence-electron chi connectivity index (χ4n) is 5.97. The Kier molecular flexibility index (Phi) is 8.65. The van der Waals surface area contributed by atoms with Gasteiger partial charge in [0, 0.05) is 46.6 Å². The first kappa shape index (κ1) is 26.0. The third kappa shape index (κ3) is 6.84. The molecule has 37 heavy (non-hydrogen) atoms. The molecule has 5 nitrogen and oxygen atoms in total. The fourth-order valence-corrected chi connectivity index (χ4v) is 6.50. The first-order valence-corrected chi connectivity index (χ1v) is 14.1. The molecule has 3 aromatic rings. The average Bonchev–Trinajstić information content (AvgIpc) is 3.45. The minimum absolute atomic E-state index is 0.238. The Morgan fingerprint density at radius 2 is 1.65 bits per heavy atom. The Bertz CT molecular complexity index is 1150. The quantitative estimate of drug-likeness (QED) is 0.326. The maximum absolute atomic E-state index is 12.8. The Labute approximate surface area is 229 Å². The minimum Gasteiger partial charge on any atom is -0.337 e. The number of urea groups is 1. The molecule has 2 heterocycles. The van der Waals surface area contributed by atoms with Crippen molar-refractivity contribution in [2.24, 2.45) is 5.92 Å². The van der Waals surface area contributed by atoms with Crippen LogP contribution in [0, 0.1) is 5.92 Å². The van der Waals surface area contributed by atoms with E-state index in [0.717, 1.165) is 43.1 Å². The Morgan fingerprint density at radius 1 is 0.946 bits per heavy atom. The molecule has 194 valence electrons. The van der Waals surface area contributed by atoms with Crippen LogP contribution in [0.1, 0.15) is 50.0 Å². The van der Waals surface area contributed by atoms with E-state index in [2.05, 4.69) is 50.8 Å². The molecule has 0 spiro atoms. The molecule has 1 saturated heterocycles. The highest BCUT2D eigenvalue weighted by Gasteiger charge is 2.31. The van der Waals surface area contributed by atoms with Gasteiger partial charge in [-0.1, -0.05) is 66.4 Å². The second kappa shape index (κ2) is 12.3. The smallest absolute Gasteiger partial charge is 0.319 e. The number of hydrogen-bond acceptors (Lipinski definition) is 3. The summed E-state index contributed by atoms with van der Waals surface area (Å²) in [6, 6.07) is 18.4. The molecule has 2 aromatic carbocycles. The monoisotopic (exact) mass is 536 g/mol. The zero-order valence-electron chi connectivity index (χ0n) is 21.0. The number of hydrogen-bond donors (Lipinski definition) is 2. The van der Waals surface area contributed by atoms with Crippen LogP contribution in [0.4, 0.5) is 10.5 Å². The number of aromatic nitrogens is 1. The first-order valence-electron chi connectivity index (χ1n) is 13.3. The van der Waals surface area contributed by atoms with Crippen molar-refractivity contribution in [1.82, 2.24) is 15.2 Å². The van der Waals surface area contributed by atoms with E-state index in [1.807, 2.05) is 12.3 Å². The van der Waals surface area contributed by atoms with Crippen LogP contribution in [0.2, 0.25) is 10.0 Å². The number of carbonyl (C=O) groups is 1. The number of anilines is 1. The Balaban J connectivity index is 1.28. The fraction of sp³-hybridized carbons (Fsp3) is 0.400. The van der Waals surface area contributed by atoms with E-state index in [9.17, 15) is 4.79 Å². The van der Waals surface area contributed by atoms with Gasteiger partial charge in [0.15, 0.2) is 0 Å². The number of likely N-dealkylation sites (tertiary alicyclic amines) is 1. The maximum Gasteiger partial charge on any atom is 0.319 e. The summed E-state index contributed by atoms with van der Waals surface area (Å²) in [5, 5.41) is 6.97. The first-order chi connectivity index (χ1) is 18.0. The van der Waals surface area contributed by atoms with Crippen molar-refractivity contribution in [2.75, 3.05) is 25.0 Å². The molecule has 2 fully saturated rings. The van der Waals surface area contributed by atoms with Gasteiger partial charge in [-0.25, -0.2) is 4.79 Å². The lowest BCUT2D eigenvalue weighted by atomic mass is 9.79. The number of halogens is 2. The molecular weight excluding hydrogens is 503 g/mol. The van der Waals surface area contributed by atoms with Crippen molar-refractivity contribution in [3.63, 3.8) is 0 Å². The van der Waals surface area contributed by atoms with Crippen molar-refractivity contribution in [3.8, 4) is 11.1 Å². The van der Waals surface area contributed by atoms with E-state index in [1.54, 1.807) is 24.4 Å². The van der Waals surface area contributed by atoms with Crippen molar-refractivity contribution in [3.05, 3.63) is 82.6 Å². The number of piperidine rings is 1. The second-order valence-corrected chi connectivity index (χ2v) is 11.1. The van der Waals surface area contributed by atoms with Crippen LogP contribution < -0.4 is 10.6 Å².